The van der Waals surface area contributed by atoms with Gasteiger partial charge in [0, 0.05) is 28.4 Å². The van der Waals surface area contributed by atoms with Gasteiger partial charge in [-0.05, 0) is 42.9 Å². The number of nitrogens with zero attached hydrogens (tertiary/aromatic N) is 2. The lowest BCUT2D eigenvalue weighted by Gasteiger charge is -2.23. The highest BCUT2D eigenvalue weighted by molar-refractivity contribution is 7.99. The van der Waals surface area contributed by atoms with Crippen LogP contribution in [0.3, 0.4) is 0 Å². The molecule has 1 fully saturated rings. The monoisotopic (exact) mass is 364 g/mol. The third-order valence-electron chi connectivity index (χ3n) is 3.91. The Morgan fingerprint density at radius 1 is 1.42 bits per heavy atom. The van der Waals surface area contributed by atoms with E-state index in [4.69, 9.17) is 11.6 Å². The van der Waals surface area contributed by atoms with E-state index >= 15 is 0 Å². The first kappa shape index (κ1) is 17.2. The fraction of sp³-hybridized carbons (Fsp3) is 0.333. The zero-order valence-electron chi connectivity index (χ0n) is 13.3. The molecule has 1 amide bonds. The first-order chi connectivity index (χ1) is 11.6. The molecule has 1 saturated carbocycles. The van der Waals surface area contributed by atoms with Crippen LogP contribution < -0.4 is 0 Å². The van der Waals surface area contributed by atoms with Crippen LogP contribution in [0, 0.1) is 5.82 Å². The van der Waals surface area contributed by atoms with Crippen LogP contribution in [0.2, 0.25) is 5.02 Å². The highest BCUT2D eigenvalue weighted by atomic mass is 35.5. The summed E-state index contributed by atoms with van der Waals surface area (Å²) in [7, 11) is 0. The zero-order chi connectivity index (χ0) is 17.1. The number of pyridine rings is 1. The van der Waals surface area contributed by atoms with Crippen molar-refractivity contribution in [3.8, 4) is 0 Å². The maximum atomic E-state index is 14.1. The molecule has 6 heteroatoms. The van der Waals surface area contributed by atoms with Gasteiger partial charge >= 0.3 is 0 Å². The van der Waals surface area contributed by atoms with Crippen LogP contribution >= 0.6 is 23.4 Å². The van der Waals surface area contributed by atoms with Crippen LogP contribution in [-0.4, -0.2) is 27.6 Å². The van der Waals surface area contributed by atoms with E-state index in [0.29, 0.717) is 16.1 Å². The van der Waals surface area contributed by atoms with Crippen molar-refractivity contribution in [3.05, 3.63) is 58.5 Å². The number of carbonyl (C=O) groups is 1. The maximum Gasteiger partial charge on any atom is 0.254 e. The number of amides is 1. The minimum atomic E-state index is -0.377. The second kappa shape index (κ2) is 7.53. The maximum absolute atomic E-state index is 14.1. The van der Waals surface area contributed by atoms with Gasteiger partial charge in [-0.15, -0.1) is 11.8 Å². The van der Waals surface area contributed by atoms with Crippen LogP contribution in [0.15, 0.2) is 41.6 Å². The molecule has 0 N–H and O–H groups in total. The summed E-state index contributed by atoms with van der Waals surface area (Å²) in [5.74, 6) is 0.414. The highest BCUT2D eigenvalue weighted by Crippen LogP contribution is 2.32. The van der Waals surface area contributed by atoms with Gasteiger partial charge in [-0.25, -0.2) is 9.37 Å². The van der Waals surface area contributed by atoms with Crippen molar-refractivity contribution >= 4 is 29.3 Å². The largest absolute Gasteiger partial charge is 0.331 e. The molecule has 126 valence electrons. The van der Waals surface area contributed by atoms with Gasteiger partial charge in [0.15, 0.2) is 0 Å². The number of aromatic nitrogens is 1. The summed E-state index contributed by atoms with van der Waals surface area (Å²) in [4.78, 5) is 18.9. The van der Waals surface area contributed by atoms with Crippen LogP contribution in [0.1, 0.15) is 35.7 Å². The SMILES string of the molecule is CCSc1cc(C(=O)N(Cc2c(F)cccc2Cl)C2CC2)ccn1. The van der Waals surface area contributed by atoms with E-state index in [1.54, 1.807) is 47.1 Å². The van der Waals surface area contributed by atoms with Gasteiger partial charge in [0.2, 0.25) is 0 Å². The molecule has 0 saturated heterocycles. The van der Waals surface area contributed by atoms with Crippen LogP contribution in [0.25, 0.3) is 0 Å². The molecular formula is C18H18ClFN2OS. The normalized spacial score (nSPS) is 13.8. The van der Waals surface area contributed by atoms with E-state index in [0.717, 1.165) is 23.6 Å². The molecule has 3 nitrogen and oxygen atoms in total. The van der Waals surface area contributed by atoms with Crippen molar-refractivity contribution in [2.45, 2.75) is 37.4 Å². The van der Waals surface area contributed by atoms with Gasteiger partial charge in [-0.2, -0.15) is 0 Å². The van der Waals surface area contributed by atoms with E-state index in [-0.39, 0.29) is 24.3 Å². The molecule has 2 aromatic rings. The van der Waals surface area contributed by atoms with Crippen LogP contribution in [0.4, 0.5) is 4.39 Å². The van der Waals surface area contributed by atoms with Gasteiger partial charge < -0.3 is 4.90 Å². The number of benzene rings is 1. The Hall–Kier alpha value is -1.59. The molecule has 1 aliphatic rings. The lowest BCUT2D eigenvalue weighted by Crippen LogP contribution is -2.33. The molecule has 0 radical (unpaired) electrons. The number of halogens is 2. The molecule has 0 bridgehead atoms. The van der Waals surface area contributed by atoms with Gasteiger partial charge in [0.25, 0.3) is 5.91 Å². The Labute approximate surface area is 150 Å². The van der Waals surface area contributed by atoms with E-state index in [2.05, 4.69) is 4.98 Å². The molecule has 24 heavy (non-hydrogen) atoms. The summed E-state index contributed by atoms with van der Waals surface area (Å²) in [5, 5.41) is 1.17. The van der Waals surface area contributed by atoms with Crippen LogP contribution in [0.5, 0.6) is 0 Å². The van der Waals surface area contributed by atoms with Crippen molar-refractivity contribution in [1.82, 2.24) is 9.88 Å². The minimum absolute atomic E-state index is 0.0998. The van der Waals surface area contributed by atoms with Crippen molar-refractivity contribution < 1.29 is 9.18 Å². The van der Waals surface area contributed by atoms with E-state index < -0.39 is 0 Å². The van der Waals surface area contributed by atoms with Crippen molar-refractivity contribution in [3.63, 3.8) is 0 Å². The summed E-state index contributed by atoms with van der Waals surface area (Å²) in [6, 6.07) is 8.26. The van der Waals surface area contributed by atoms with Crippen molar-refractivity contribution in [2.24, 2.45) is 0 Å². The first-order valence-electron chi connectivity index (χ1n) is 7.93. The lowest BCUT2D eigenvalue weighted by molar-refractivity contribution is 0.0728. The Morgan fingerprint density at radius 3 is 2.88 bits per heavy atom. The van der Waals surface area contributed by atoms with Gasteiger partial charge in [0.1, 0.15) is 5.82 Å². The molecule has 0 unspecified atom stereocenters. The van der Waals surface area contributed by atoms with E-state index in [1.165, 1.54) is 6.07 Å². The molecule has 0 spiro atoms. The summed E-state index contributed by atoms with van der Waals surface area (Å²) in [6.07, 6.45) is 3.53. The van der Waals surface area contributed by atoms with Gasteiger partial charge in [-0.3, -0.25) is 4.79 Å². The smallest absolute Gasteiger partial charge is 0.254 e. The predicted molar refractivity (Wildman–Crippen MR) is 94.9 cm³/mol. The fourth-order valence-corrected chi connectivity index (χ4v) is 3.41. The van der Waals surface area contributed by atoms with Crippen LogP contribution in [-0.2, 0) is 6.54 Å². The molecule has 1 heterocycles. The first-order valence-corrected chi connectivity index (χ1v) is 9.29. The van der Waals surface area contributed by atoms with E-state index in [1.807, 2.05) is 6.92 Å². The summed E-state index contributed by atoms with van der Waals surface area (Å²) < 4.78 is 14.1. The molecule has 0 aliphatic heterocycles. The summed E-state index contributed by atoms with van der Waals surface area (Å²) in [6.45, 7) is 2.23. The molecule has 1 aromatic carbocycles. The van der Waals surface area contributed by atoms with Gasteiger partial charge in [0.05, 0.1) is 11.6 Å². The Bertz CT molecular complexity index is 731. The molecule has 0 atom stereocenters. The average molecular weight is 365 g/mol. The fourth-order valence-electron chi connectivity index (χ4n) is 2.54. The number of thioether (sulfide) groups is 1. The molecule has 1 aromatic heterocycles. The summed E-state index contributed by atoms with van der Waals surface area (Å²) >= 11 is 7.71. The second-order valence-electron chi connectivity index (χ2n) is 5.68. The molecular weight excluding hydrogens is 347 g/mol. The third kappa shape index (κ3) is 3.90. The average Bonchev–Trinajstić information content (AvgIpc) is 3.39. The number of hydrogen-bond donors (Lipinski definition) is 0. The standard InChI is InChI=1S/C18H18ClFN2OS/c1-2-24-17-10-12(8-9-21-17)18(23)22(13-6-7-13)11-14-15(19)4-3-5-16(14)20/h3-5,8-10,13H,2,6-7,11H2,1H3. The van der Waals surface area contributed by atoms with Crippen molar-refractivity contribution in [2.75, 3.05) is 5.75 Å². The Morgan fingerprint density at radius 2 is 2.21 bits per heavy atom. The number of carbonyl (C=O) groups excluding carboxylic acids is 1. The highest BCUT2D eigenvalue weighted by Gasteiger charge is 2.34. The minimum Gasteiger partial charge on any atom is -0.331 e. The lowest BCUT2D eigenvalue weighted by atomic mass is 10.1. The second-order valence-corrected chi connectivity index (χ2v) is 7.37. The zero-order valence-corrected chi connectivity index (χ0v) is 14.9. The number of rotatable bonds is 6. The summed E-state index contributed by atoms with van der Waals surface area (Å²) in [5.41, 5.74) is 0.956. The molecule has 1 aliphatic carbocycles. The third-order valence-corrected chi connectivity index (χ3v) is 5.07. The van der Waals surface area contributed by atoms with E-state index in [9.17, 15) is 9.18 Å². The quantitative estimate of drug-likeness (QED) is 0.691. The van der Waals surface area contributed by atoms with Gasteiger partial charge in [-0.1, -0.05) is 24.6 Å². The van der Waals surface area contributed by atoms with Crippen molar-refractivity contribution in [1.29, 1.82) is 0 Å². The molecule has 3 rings (SSSR count). The predicted octanol–water partition coefficient (Wildman–Crippen LogP) is 4.79. The Kier molecular flexibility index (Phi) is 5.41. The topological polar surface area (TPSA) is 33.2 Å². The Balaban J connectivity index is 1.86. The number of hydrogen-bond acceptors (Lipinski definition) is 3.